The van der Waals surface area contributed by atoms with Crippen molar-refractivity contribution in [3.63, 3.8) is 0 Å². The van der Waals surface area contributed by atoms with Gasteiger partial charge < -0.3 is 0 Å². The Morgan fingerprint density at radius 1 is 0.971 bits per heavy atom. The van der Waals surface area contributed by atoms with Crippen molar-refractivity contribution in [3.05, 3.63) is 113 Å². The molecule has 5 rings (SSSR count). The summed E-state index contributed by atoms with van der Waals surface area (Å²) in [6, 6.07) is 23.2. The summed E-state index contributed by atoms with van der Waals surface area (Å²) >= 11 is 0. The summed E-state index contributed by atoms with van der Waals surface area (Å²) < 4.78 is 15.6. The third kappa shape index (κ3) is 4.05. The van der Waals surface area contributed by atoms with Gasteiger partial charge in [-0.25, -0.2) is 9.07 Å². The van der Waals surface area contributed by atoms with Gasteiger partial charge in [-0.15, -0.1) is 0 Å². The topological polar surface area (TPSA) is 55.2 Å². The molecule has 2 heterocycles. The fourth-order valence-corrected chi connectivity index (χ4v) is 5.07. The van der Waals surface area contributed by atoms with Crippen LogP contribution in [0.25, 0.3) is 5.69 Å². The van der Waals surface area contributed by atoms with Gasteiger partial charge in [0, 0.05) is 30.5 Å². The number of carbonyl (C=O) groups excluding carboxylic acids is 2. The molecule has 1 aliphatic heterocycles. The number of rotatable bonds is 5. The van der Waals surface area contributed by atoms with E-state index >= 15 is 0 Å². The standard InChI is InChI=1S/C29H26FN3O2/c1-18-8-7-9-21(16-18)25(34)17-24-27(20-12-14-22(30)15-13-20)26-19(2)31-33(23-10-5-4-6-11-23)28(26)32(3)29(24)35/h4-16,24,27H,17H2,1-3H3/t24-,27+/m0/s1. The largest absolute Gasteiger partial charge is 0.299 e. The van der Waals surface area contributed by atoms with Crippen molar-refractivity contribution in [2.75, 3.05) is 11.9 Å². The number of hydrogen-bond donors (Lipinski definition) is 0. The Labute approximate surface area is 203 Å². The zero-order chi connectivity index (χ0) is 24.7. The first-order valence-corrected chi connectivity index (χ1v) is 11.6. The maximum atomic E-state index is 13.8. The van der Waals surface area contributed by atoms with Crippen molar-refractivity contribution in [3.8, 4) is 5.69 Å². The third-order valence-corrected chi connectivity index (χ3v) is 6.74. The number of ketones is 1. The predicted octanol–water partition coefficient (Wildman–Crippen LogP) is 5.63. The van der Waals surface area contributed by atoms with E-state index in [2.05, 4.69) is 0 Å². The highest BCUT2D eigenvalue weighted by Crippen LogP contribution is 2.46. The first-order valence-electron chi connectivity index (χ1n) is 11.6. The van der Waals surface area contributed by atoms with Crippen LogP contribution in [-0.4, -0.2) is 28.5 Å². The number of para-hydroxylation sites is 1. The second-order valence-corrected chi connectivity index (χ2v) is 9.10. The molecule has 0 saturated heterocycles. The number of Topliss-reactive ketones (excluding diaryl/α,β-unsaturated/α-hetero) is 1. The van der Waals surface area contributed by atoms with Crippen LogP contribution in [0.5, 0.6) is 0 Å². The quantitative estimate of drug-likeness (QED) is 0.358. The number of halogens is 1. The van der Waals surface area contributed by atoms with Gasteiger partial charge in [0.25, 0.3) is 0 Å². The number of anilines is 1. The number of carbonyl (C=O) groups is 2. The minimum atomic E-state index is -0.641. The summed E-state index contributed by atoms with van der Waals surface area (Å²) in [5.41, 5.74) is 4.84. The molecule has 176 valence electrons. The molecule has 0 unspecified atom stereocenters. The molecule has 1 aliphatic rings. The number of aromatic nitrogens is 2. The van der Waals surface area contributed by atoms with Gasteiger partial charge in [-0.05, 0) is 49.7 Å². The van der Waals surface area contributed by atoms with Crippen LogP contribution in [0.1, 0.15) is 45.1 Å². The number of hydrogen-bond acceptors (Lipinski definition) is 3. The van der Waals surface area contributed by atoms with E-state index in [4.69, 9.17) is 5.10 Å². The maximum absolute atomic E-state index is 13.8. The highest BCUT2D eigenvalue weighted by atomic mass is 19.1. The summed E-state index contributed by atoms with van der Waals surface area (Å²) in [6.07, 6.45) is 0.0457. The molecule has 2 atom stereocenters. The van der Waals surface area contributed by atoms with Crippen molar-refractivity contribution in [2.24, 2.45) is 5.92 Å². The number of nitrogens with zero attached hydrogens (tertiary/aromatic N) is 3. The van der Waals surface area contributed by atoms with Gasteiger partial charge in [0.1, 0.15) is 11.6 Å². The fourth-order valence-electron chi connectivity index (χ4n) is 5.07. The van der Waals surface area contributed by atoms with Crippen molar-refractivity contribution in [1.29, 1.82) is 0 Å². The molecular formula is C29H26FN3O2. The van der Waals surface area contributed by atoms with Crippen LogP contribution in [0.3, 0.4) is 0 Å². The van der Waals surface area contributed by atoms with Crippen LogP contribution in [-0.2, 0) is 4.79 Å². The van der Waals surface area contributed by atoms with E-state index < -0.39 is 11.8 Å². The van der Waals surface area contributed by atoms with Crippen molar-refractivity contribution < 1.29 is 14.0 Å². The van der Waals surface area contributed by atoms with E-state index in [1.807, 2.05) is 62.4 Å². The van der Waals surface area contributed by atoms with Gasteiger partial charge in [-0.3, -0.25) is 14.5 Å². The van der Waals surface area contributed by atoms with E-state index in [0.29, 0.717) is 11.4 Å². The van der Waals surface area contributed by atoms with E-state index in [9.17, 15) is 14.0 Å². The third-order valence-electron chi connectivity index (χ3n) is 6.74. The van der Waals surface area contributed by atoms with Gasteiger partial charge in [0.2, 0.25) is 5.91 Å². The molecule has 5 nitrogen and oxygen atoms in total. The summed E-state index contributed by atoms with van der Waals surface area (Å²) in [5.74, 6) is -1.00. The Kier molecular flexibility index (Phi) is 5.81. The lowest BCUT2D eigenvalue weighted by Gasteiger charge is -2.36. The first kappa shape index (κ1) is 22.7. The minimum Gasteiger partial charge on any atom is -0.299 e. The molecule has 0 fully saturated rings. The van der Waals surface area contributed by atoms with Gasteiger partial charge in [-0.2, -0.15) is 5.10 Å². The molecule has 4 aromatic rings. The molecule has 0 spiro atoms. The second-order valence-electron chi connectivity index (χ2n) is 9.10. The van der Waals surface area contributed by atoms with Crippen molar-refractivity contribution in [1.82, 2.24) is 9.78 Å². The number of aryl methyl sites for hydroxylation is 2. The van der Waals surface area contributed by atoms with Crippen LogP contribution < -0.4 is 4.90 Å². The van der Waals surface area contributed by atoms with Gasteiger partial charge >= 0.3 is 0 Å². The van der Waals surface area contributed by atoms with E-state index in [0.717, 1.165) is 28.1 Å². The smallest absolute Gasteiger partial charge is 0.232 e. The fraction of sp³-hybridized carbons (Fsp3) is 0.207. The van der Waals surface area contributed by atoms with Crippen molar-refractivity contribution >= 4 is 17.5 Å². The van der Waals surface area contributed by atoms with E-state index in [1.165, 1.54) is 12.1 Å². The molecule has 0 bridgehead atoms. The van der Waals surface area contributed by atoms with Crippen LogP contribution in [0.15, 0.2) is 78.9 Å². The lowest BCUT2D eigenvalue weighted by atomic mass is 9.74. The molecule has 35 heavy (non-hydrogen) atoms. The van der Waals surface area contributed by atoms with Crippen molar-refractivity contribution in [2.45, 2.75) is 26.2 Å². The summed E-state index contributed by atoms with van der Waals surface area (Å²) in [6.45, 7) is 3.85. The second kappa shape index (κ2) is 8.95. The summed E-state index contributed by atoms with van der Waals surface area (Å²) in [5, 5.41) is 4.79. The molecule has 1 aromatic heterocycles. The molecule has 0 aliphatic carbocycles. The Morgan fingerprint density at radius 3 is 2.37 bits per heavy atom. The number of benzene rings is 3. The number of amides is 1. The number of fused-ring (bicyclic) bond motifs is 1. The van der Waals surface area contributed by atoms with Crippen LogP contribution in [0.2, 0.25) is 0 Å². The zero-order valence-electron chi connectivity index (χ0n) is 19.9. The molecule has 0 N–H and O–H groups in total. The lowest BCUT2D eigenvalue weighted by molar-refractivity contribution is -0.123. The van der Waals surface area contributed by atoms with Crippen LogP contribution >= 0.6 is 0 Å². The van der Waals surface area contributed by atoms with Crippen LogP contribution in [0, 0.1) is 25.6 Å². The Hall–Kier alpha value is -4.06. The average Bonchev–Trinajstić information content (AvgIpc) is 3.21. The first-order chi connectivity index (χ1) is 16.8. The van der Waals surface area contributed by atoms with E-state index in [1.54, 1.807) is 34.8 Å². The summed E-state index contributed by atoms with van der Waals surface area (Å²) in [4.78, 5) is 28.8. The maximum Gasteiger partial charge on any atom is 0.232 e. The molecule has 6 heteroatoms. The van der Waals surface area contributed by atoms with Crippen LogP contribution in [0.4, 0.5) is 10.2 Å². The minimum absolute atomic E-state index is 0.0457. The molecule has 3 aromatic carbocycles. The predicted molar refractivity (Wildman–Crippen MR) is 134 cm³/mol. The Balaban J connectivity index is 1.66. The lowest BCUT2D eigenvalue weighted by Crippen LogP contribution is -2.43. The molecule has 0 radical (unpaired) electrons. The Bertz CT molecular complexity index is 1410. The van der Waals surface area contributed by atoms with Gasteiger partial charge in [0.05, 0.1) is 17.3 Å². The zero-order valence-corrected chi connectivity index (χ0v) is 19.9. The monoisotopic (exact) mass is 467 g/mol. The SMILES string of the molecule is Cc1cccc(C(=O)C[C@@H]2C(=O)N(C)c3c(c(C)nn3-c3ccccc3)[C@@H]2c2ccc(F)cc2)c1. The average molecular weight is 468 g/mol. The van der Waals surface area contributed by atoms with E-state index in [-0.39, 0.29) is 23.9 Å². The Morgan fingerprint density at radius 2 is 1.69 bits per heavy atom. The normalized spacial score (nSPS) is 17.4. The molecular weight excluding hydrogens is 441 g/mol. The van der Waals surface area contributed by atoms with Gasteiger partial charge in [0.15, 0.2) is 5.78 Å². The highest BCUT2D eigenvalue weighted by Gasteiger charge is 2.44. The summed E-state index contributed by atoms with van der Waals surface area (Å²) in [7, 11) is 1.73. The highest BCUT2D eigenvalue weighted by molar-refractivity contribution is 6.04. The molecule has 0 saturated carbocycles. The molecule has 1 amide bonds. The van der Waals surface area contributed by atoms with Gasteiger partial charge in [-0.1, -0.05) is 54.1 Å².